The standard InChI is InChI=1S/C16H17F2N5OS/c1-3-4-5-6-20-15(24)14-10(2)25-16(22-14)23(9-19)11-7-12(17)21-13(18)8-11/h7-8H,3-6H2,1-2H3,(H,20,24). The number of unbranched alkanes of at least 4 members (excludes halogenated alkanes) is 2. The lowest BCUT2D eigenvalue weighted by Gasteiger charge is -2.11. The van der Waals surface area contributed by atoms with Crippen molar-refractivity contribution in [1.29, 1.82) is 5.26 Å². The zero-order chi connectivity index (χ0) is 18.4. The van der Waals surface area contributed by atoms with Gasteiger partial charge in [0.1, 0.15) is 5.69 Å². The summed E-state index contributed by atoms with van der Waals surface area (Å²) in [5.74, 6) is -2.42. The predicted octanol–water partition coefficient (Wildman–Crippen LogP) is 3.66. The highest BCUT2D eigenvalue weighted by molar-refractivity contribution is 7.16. The lowest BCUT2D eigenvalue weighted by Crippen LogP contribution is -2.25. The minimum atomic E-state index is -1.04. The summed E-state index contributed by atoms with van der Waals surface area (Å²) >= 11 is 1.09. The molecule has 1 N–H and O–H groups in total. The molecule has 0 bridgehead atoms. The largest absolute Gasteiger partial charge is 0.351 e. The molecule has 2 aromatic rings. The van der Waals surface area contributed by atoms with Crippen LogP contribution in [-0.2, 0) is 0 Å². The van der Waals surface area contributed by atoms with Crippen molar-refractivity contribution < 1.29 is 13.6 Å². The van der Waals surface area contributed by atoms with Crippen LogP contribution in [0, 0.1) is 30.3 Å². The molecule has 0 aliphatic rings. The summed E-state index contributed by atoms with van der Waals surface area (Å²) in [6.07, 6.45) is 4.75. The molecule has 2 heterocycles. The van der Waals surface area contributed by atoms with Gasteiger partial charge in [0.25, 0.3) is 5.91 Å². The third-order valence-electron chi connectivity index (χ3n) is 3.36. The number of hydrogen-bond donors (Lipinski definition) is 1. The maximum absolute atomic E-state index is 13.3. The molecule has 9 heteroatoms. The molecule has 132 valence electrons. The molecule has 2 rings (SSSR count). The number of pyridine rings is 1. The molecule has 0 atom stereocenters. The monoisotopic (exact) mass is 365 g/mol. The third kappa shape index (κ3) is 4.70. The van der Waals surface area contributed by atoms with Gasteiger partial charge >= 0.3 is 0 Å². The first-order valence-electron chi connectivity index (χ1n) is 7.74. The molecule has 0 saturated heterocycles. The Balaban J connectivity index is 2.22. The van der Waals surface area contributed by atoms with Gasteiger partial charge < -0.3 is 5.32 Å². The van der Waals surface area contributed by atoms with Crippen molar-refractivity contribution in [3.05, 3.63) is 34.6 Å². The van der Waals surface area contributed by atoms with Crippen LogP contribution in [0.1, 0.15) is 41.6 Å². The summed E-state index contributed by atoms with van der Waals surface area (Å²) in [6.45, 7) is 4.31. The number of nitriles is 1. The molecular formula is C16H17F2N5OS. The van der Waals surface area contributed by atoms with Gasteiger partial charge in [-0.25, -0.2) is 9.88 Å². The number of amides is 1. The second kappa shape index (κ2) is 8.48. The van der Waals surface area contributed by atoms with E-state index in [-0.39, 0.29) is 22.4 Å². The smallest absolute Gasteiger partial charge is 0.271 e. The van der Waals surface area contributed by atoms with E-state index in [0.29, 0.717) is 11.4 Å². The van der Waals surface area contributed by atoms with Crippen molar-refractivity contribution in [2.24, 2.45) is 0 Å². The molecular weight excluding hydrogens is 348 g/mol. The van der Waals surface area contributed by atoms with E-state index < -0.39 is 11.9 Å². The third-order valence-corrected chi connectivity index (χ3v) is 4.32. The van der Waals surface area contributed by atoms with Crippen molar-refractivity contribution in [2.45, 2.75) is 33.1 Å². The molecule has 0 unspecified atom stereocenters. The van der Waals surface area contributed by atoms with Gasteiger partial charge in [0.05, 0.1) is 5.69 Å². The van der Waals surface area contributed by atoms with Crippen molar-refractivity contribution >= 4 is 28.1 Å². The van der Waals surface area contributed by atoms with Gasteiger partial charge in [-0.1, -0.05) is 19.8 Å². The summed E-state index contributed by atoms with van der Waals surface area (Å²) in [5.41, 5.74) is 0.155. The van der Waals surface area contributed by atoms with Gasteiger partial charge in [0.15, 0.2) is 6.19 Å². The van der Waals surface area contributed by atoms with Crippen LogP contribution >= 0.6 is 11.3 Å². The highest BCUT2D eigenvalue weighted by Crippen LogP contribution is 2.31. The Kier molecular flexibility index (Phi) is 6.36. The SMILES string of the molecule is CCCCCNC(=O)c1nc(N(C#N)c2cc(F)nc(F)c2)sc1C. The second-order valence-electron chi connectivity index (χ2n) is 5.27. The molecule has 6 nitrogen and oxygen atoms in total. The number of aryl methyl sites for hydroxylation is 1. The molecule has 0 radical (unpaired) electrons. The first kappa shape index (κ1) is 18.7. The van der Waals surface area contributed by atoms with E-state index in [2.05, 4.69) is 22.2 Å². The zero-order valence-corrected chi connectivity index (χ0v) is 14.7. The lowest BCUT2D eigenvalue weighted by atomic mass is 10.2. The summed E-state index contributed by atoms with van der Waals surface area (Å²) in [4.78, 5) is 20.9. The fourth-order valence-corrected chi connectivity index (χ4v) is 3.03. The number of hydrogen-bond acceptors (Lipinski definition) is 6. The maximum atomic E-state index is 13.3. The molecule has 0 spiro atoms. The number of aromatic nitrogens is 2. The zero-order valence-electron chi connectivity index (χ0n) is 13.8. The van der Waals surface area contributed by atoms with Crippen LogP contribution in [0.15, 0.2) is 12.1 Å². The van der Waals surface area contributed by atoms with Crippen LogP contribution in [0.2, 0.25) is 0 Å². The van der Waals surface area contributed by atoms with Crippen LogP contribution in [0.5, 0.6) is 0 Å². The van der Waals surface area contributed by atoms with Crippen LogP contribution in [0.3, 0.4) is 0 Å². The highest BCUT2D eigenvalue weighted by Gasteiger charge is 2.21. The van der Waals surface area contributed by atoms with E-state index in [4.69, 9.17) is 0 Å². The number of thiazole rings is 1. The lowest BCUT2D eigenvalue weighted by molar-refractivity contribution is 0.0948. The summed E-state index contributed by atoms with van der Waals surface area (Å²) in [5, 5.41) is 12.3. The summed E-state index contributed by atoms with van der Waals surface area (Å²) in [7, 11) is 0. The number of anilines is 2. The fraction of sp³-hybridized carbons (Fsp3) is 0.375. The van der Waals surface area contributed by atoms with E-state index in [9.17, 15) is 18.8 Å². The number of halogens is 2. The molecule has 2 aromatic heterocycles. The molecule has 0 fully saturated rings. The maximum Gasteiger partial charge on any atom is 0.271 e. The van der Waals surface area contributed by atoms with Gasteiger partial charge in [-0.3, -0.25) is 4.79 Å². The van der Waals surface area contributed by atoms with Gasteiger partial charge in [-0.05, 0) is 13.3 Å². The molecule has 0 aliphatic heterocycles. The van der Waals surface area contributed by atoms with E-state index in [1.807, 2.05) is 6.19 Å². The first-order chi connectivity index (χ1) is 12.0. The van der Waals surface area contributed by atoms with Crippen LogP contribution in [0.25, 0.3) is 0 Å². The van der Waals surface area contributed by atoms with Gasteiger partial charge in [-0.2, -0.15) is 19.0 Å². The number of nitrogens with zero attached hydrogens (tertiary/aromatic N) is 4. The highest BCUT2D eigenvalue weighted by atomic mass is 32.1. The van der Waals surface area contributed by atoms with Crippen LogP contribution in [0.4, 0.5) is 19.6 Å². The molecule has 25 heavy (non-hydrogen) atoms. The first-order valence-corrected chi connectivity index (χ1v) is 8.56. The average Bonchev–Trinajstić information content (AvgIpc) is 2.93. The molecule has 0 aliphatic carbocycles. The van der Waals surface area contributed by atoms with Crippen molar-refractivity contribution in [3.63, 3.8) is 0 Å². The number of carbonyl (C=O) groups is 1. The van der Waals surface area contributed by atoms with Crippen molar-refractivity contribution in [1.82, 2.24) is 15.3 Å². The van der Waals surface area contributed by atoms with E-state index in [1.165, 1.54) is 0 Å². The molecule has 0 aromatic carbocycles. The number of rotatable bonds is 7. The Morgan fingerprint density at radius 3 is 2.60 bits per heavy atom. The van der Waals surface area contributed by atoms with Gasteiger partial charge in [-0.15, -0.1) is 11.3 Å². The Hall–Kier alpha value is -2.60. The Morgan fingerprint density at radius 2 is 2.00 bits per heavy atom. The molecule has 1 amide bonds. The van der Waals surface area contributed by atoms with Crippen LogP contribution in [-0.4, -0.2) is 22.4 Å². The topological polar surface area (TPSA) is 81.9 Å². The van der Waals surface area contributed by atoms with Gasteiger partial charge in [0, 0.05) is 23.6 Å². The van der Waals surface area contributed by atoms with Gasteiger partial charge in [0.2, 0.25) is 17.0 Å². The Labute approximate surface area is 148 Å². The minimum Gasteiger partial charge on any atom is -0.351 e. The molecule has 0 saturated carbocycles. The number of nitrogens with one attached hydrogen (secondary N) is 1. The second-order valence-corrected chi connectivity index (χ2v) is 6.45. The van der Waals surface area contributed by atoms with E-state index in [1.54, 1.807) is 6.92 Å². The summed E-state index contributed by atoms with van der Waals surface area (Å²) in [6, 6.07) is 1.85. The van der Waals surface area contributed by atoms with Crippen molar-refractivity contribution in [2.75, 3.05) is 11.4 Å². The predicted molar refractivity (Wildman–Crippen MR) is 90.6 cm³/mol. The van der Waals surface area contributed by atoms with Crippen LogP contribution < -0.4 is 10.2 Å². The van der Waals surface area contributed by atoms with E-state index >= 15 is 0 Å². The van der Waals surface area contributed by atoms with Crippen molar-refractivity contribution in [3.8, 4) is 6.19 Å². The normalized spacial score (nSPS) is 10.4. The fourth-order valence-electron chi connectivity index (χ4n) is 2.14. The Bertz CT molecular complexity index is 782. The minimum absolute atomic E-state index is 0.0452. The Morgan fingerprint density at radius 1 is 1.32 bits per heavy atom. The average molecular weight is 365 g/mol. The van der Waals surface area contributed by atoms with E-state index in [0.717, 1.165) is 47.6 Å². The summed E-state index contributed by atoms with van der Waals surface area (Å²) < 4.78 is 26.6. The quantitative estimate of drug-likeness (QED) is 0.350. The number of carbonyl (C=O) groups excluding carboxylic acids is 1.